The summed E-state index contributed by atoms with van der Waals surface area (Å²) < 4.78 is 39.9. The molecule has 0 aliphatic carbocycles. The summed E-state index contributed by atoms with van der Waals surface area (Å²) in [4.78, 5) is 16.7. The van der Waals surface area contributed by atoms with Crippen molar-refractivity contribution in [2.24, 2.45) is 0 Å². The standard InChI is InChI=1S/C22H18F3N3O/c23-22(24,25)17-11-16(20-18(12-17)27-21(29)28-20)13-26-19(14-7-3-1-4-8-14)15-9-5-2-6-10-15/h1-12,19,26H,13H2,(H2,27,28,29). The van der Waals surface area contributed by atoms with E-state index in [0.717, 1.165) is 23.3 Å². The van der Waals surface area contributed by atoms with E-state index in [9.17, 15) is 18.0 Å². The lowest BCUT2D eigenvalue weighted by Crippen LogP contribution is -2.22. The number of benzene rings is 3. The maximum Gasteiger partial charge on any atom is 0.416 e. The summed E-state index contributed by atoms with van der Waals surface area (Å²) >= 11 is 0. The van der Waals surface area contributed by atoms with Gasteiger partial charge in [-0.1, -0.05) is 60.7 Å². The van der Waals surface area contributed by atoms with Crippen LogP contribution < -0.4 is 11.0 Å². The number of aromatic amines is 2. The van der Waals surface area contributed by atoms with Crippen molar-refractivity contribution < 1.29 is 13.2 Å². The molecular weight excluding hydrogens is 379 g/mol. The third-order valence-electron chi connectivity index (χ3n) is 4.80. The molecule has 4 nitrogen and oxygen atoms in total. The van der Waals surface area contributed by atoms with E-state index in [1.807, 2.05) is 60.7 Å². The van der Waals surface area contributed by atoms with Crippen molar-refractivity contribution in [3.05, 3.63) is 106 Å². The second-order valence-corrected chi connectivity index (χ2v) is 6.77. The number of nitrogens with one attached hydrogen (secondary N) is 3. The first kappa shape index (κ1) is 19.0. The van der Waals surface area contributed by atoms with Crippen molar-refractivity contribution in [1.82, 2.24) is 15.3 Å². The number of halogens is 3. The Balaban J connectivity index is 1.72. The number of rotatable bonds is 5. The highest BCUT2D eigenvalue weighted by molar-refractivity contribution is 5.79. The minimum atomic E-state index is -4.50. The third kappa shape index (κ3) is 4.09. The Bertz CT molecular complexity index is 1130. The molecular formula is C22H18F3N3O. The van der Waals surface area contributed by atoms with E-state index in [2.05, 4.69) is 15.3 Å². The smallest absolute Gasteiger partial charge is 0.306 e. The number of hydrogen-bond acceptors (Lipinski definition) is 2. The molecule has 3 aromatic carbocycles. The van der Waals surface area contributed by atoms with Crippen LogP contribution in [0.15, 0.2) is 77.6 Å². The van der Waals surface area contributed by atoms with E-state index in [0.29, 0.717) is 11.1 Å². The predicted molar refractivity (Wildman–Crippen MR) is 105 cm³/mol. The van der Waals surface area contributed by atoms with Gasteiger partial charge in [0.25, 0.3) is 0 Å². The van der Waals surface area contributed by atoms with Gasteiger partial charge in [0.15, 0.2) is 0 Å². The zero-order chi connectivity index (χ0) is 20.4. The van der Waals surface area contributed by atoms with Gasteiger partial charge >= 0.3 is 11.9 Å². The van der Waals surface area contributed by atoms with Gasteiger partial charge in [-0.05, 0) is 28.8 Å². The van der Waals surface area contributed by atoms with Crippen molar-refractivity contribution in [3.63, 3.8) is 0 Å². The number of H-pyrrole nitrogens is 2. The third-order valence-corrected chi connectivity index (χ3v) is 4.80. The average Bonchev–Trinajstić information content (AvgIpc) is 3.09. The summed E-state index contributed by atoms with van der Waals surface area (Å²) in [6.07, 6.45) is -4.50. The molecule has 0 spiro atoms. The van der Waals surface area contributed by atoms with Gasteiger partial charge in [0.1, 0.15) is 0 Å². The molecule has 29 heavy (non-hydrogen) atoms. The Morgan fingerprint density at radius 3 is 2.00 bits per heavy atom. The van der Waals surface area contributed by atoms with E-state index in [4.69, 9.17) is 0 Å². The second-order valence-electron chi connectivity index (χ2n) is 6.77. The van der Waals surface area contributed by atoms with Crippen molar-refractivity contribution >= 4 is 11.0 Å². The van der Waals surface area contributed by atoms with Crippen LogP contribution in [0.2, 0.25) is 0 Å². The summed E-state index contributed by atoms with van der Waals surface area (Å²) in [5.74, 6) is 0. The lowest BCUT2D eigenvalue weighted by molar-refractivity contribution is -0.137. The summed E-state index contributed by atoms with van der Waals surface area (Å²) in [5, 5.41) is 3.35. The van der Waals surface area contributed by atoms with Crippen molar-refractivity contribution in [1.29, 1.82) is 0 Å². The molecule has 148 valence electrons. The van der Waals surface area contributed by atoms with Gasteiger partial charge in [-0.15, -0.1) is 0 Å². The molecule has 0 fully saturated rings. The SMILES string of the molecule is O=c1[nH]c2cc(C(F)(F)F)cc(CNC(c3ccccc3)c3ccccc3)c2[nH]1. The van der Waals surface area contributed by atoms with Gasteiger partial charge in [0, 0.05) is 6.54 Å². The zero-order valence-electron chi connectivity index (χ0n) is 15.3. The number of imidazole rings is 1. The Hall–Kier alpha value is -3.32. The van der Waals surface area contributed by atoms with Gasteiger partial charge in [-0.3, -0.25) is 0 Å². The van der Waals surface area contributed by atoms with Crippen LogP contribution >= 0.6 is 0 Å². The molecule has 0 bridgehead atoms. The minimum Gasteiger partial charge on any atom is -0.306 e. The molecule has 0 radical (unpaired) electrons. The molecule has 1 aromatic heterocycles. The molecule has 3 N–H and O–H groups in total. The Kier molecular flexibility index (Phi) is 4.98. The molecule has 4 rings (SSSR count). The van der Waals surface area contributed by atoms with Crippen LogP contribution in [0, 0.1) is 0 Å². The highest BCUT2D eigenvalue weighted by Gasteiger charge is 2.31. The van der Waals surface area contributed by atoms with Crippen LogP contribution in [-0.2, 0) is 12.7 Å². The molecule has 0 aliphatic rings. The highest BCUT2D eigenvalue weighted by atomic mass is 19.4. The van der Waals surface area contributed by atoms with Gasteiger partial charge < -0.3 is 15.3 Å². The molecule has 4 aromatic rings. The van der Waals surface area contributed by atoms with Crippen molar-refractivity contribution in [3.8, 4) is 0 Å². The fourth-order valence-corrected chi connectivity index (χ4v) is 3.45. The number of aromatic nitrogens is 2. The van der Waals surface area contributed by atoms with Crippen LogP contribution in [-0.4, -0.2) is 9.97 Å². The van der Waals surface area contributed by atoms with Gasteiger partial charge in [-0.25, -0.2) is 4.79 Å². The average molecular weight is 397 g/mol. The first-order valence-electron chi connectivity index (χ1n) is 9.07. The second kappa shape index (κ2) is 7.60. The first-order valence-corrected chi connectivity index (χ1v) is 9.07. The van der Waals surface area contributed by atoms with E-state index < -0.39 is 17.4 Å². The zero-order valence-corrected chi connectivity index (χ0v) is 15.3. The van der Waals surface area contributed by atoms with Crippen molar-refractivity contribution in [2.45, 2.75) is 18.8 Å². The summed E-state index contributed by atoms with van der Waals surface area (Å²) in [7, 11) is 0. The first-order chi connectivity index (χ1) is 13.9. The number of fused-ring (bicyclic) bond motifs is 1. The van der Waals surface area contributed by atoms with Gasteiger partial charge in [0.2, 0.25) is 0 Å². The molecule has 0 atom stereocenters. The largest absolute Gasteiger partial charge is 0.416 e. The van der Waals surface area contributed by atoms with Crippen molar-refractivity contribution in [2.75, 3.05) is 0 Å². The number of alkyl halides is 3. The molecule has 1 heterocycles. The van der Waals surface area contributed by atoms with Gasteiger partial charge in [0.05, 0.1) is 22.6 Å². The summed E-state index contributed by atoms with van der Waals surface area (Å²) in [5.41, 5.74) is 1.52. The van der Waals surface area contributed by atoms with Gasteiger partial charge in [-0.2, -0.15) is 13.2 Å². The van der Waals surface area contributed by atoms with Crippen LogP contribution in [0.25, 0.3) is 11.0 Å². The summed E-state index contributed by atoms with van der Waals surface area (Å²) in [6, 6.07) is 21.1. The molecule has 0 saturated carbocycles. The molecule has 0 aliphatic heterocycles. The van der Waals surface area contributed by atoms with Crippen LogP contribution in [0.3, 0.4) is 0 Å². The van der Waals surface area contributed by atoms with E-state index in [1.54, 1.807) is 0 Å². The van der Waals surface area contributed by atoms with Crippen LogP contribution in [0.1, 0.15) is 28.3 Å². The normalized spacial score (nSPS) is 12.0. The predicted octanol–water partition coefficient (Wildman–Crippen LogP) is 4.75. The van der Waals surface area contributed by atoms with E-state index in [-0.39, 0.29) is 18.1 Å². The Labute approximate surface area is 164 Å². The number of hydrogen-bond donors (Lipinski definition) is 3. The fourth-order valence-electron chi connectivity index (χ4n) is 3.45. The Morgan fingerprint density at radius 1 is 0.862 bits per heavy atom. The molecule has 0 unspecified atom stereocenters. The lowest BCUT2D eigenvalue weighted by Gasteiger charge is -2.20. The molecule has 0 saturated heterocycles. The molecule has 0 amide bonds. The monoisotopic (exact) mass is 397 g/mol. The lowest BCUT2D eigenvalue weighted by atomic mass is 9.98. The highest BCUT2D eigenvalue weighted by Crippen LogP contribution is 2.32. The fraction of sp³-hybridized carbons (Fsp3) is 0.136. The maximum atomic E-state index is 13.3. The van der Waals surface area contributed by atoms with E-state index >= 15 is 0 Å². The van der Waals surface area contributed by atoms with E-state index in [1.165, 1.54) is 0 Å². The topological polar surface area (TPSA) is 60.7 Å². The van der Waals surface area contributed by atoms with Crippen LogP contribution in [0.5, 0.6) is 0 Å². The van der Waals surface area contributed by atoms with Crippen LogP contribution in [0.4, 0.5) is 13.2 Å². The maximum absolute atomic E-state index is 13.3. The Morgan fingerprint density at radius 2 is 1.45 bits per heavy atom. The quantitative estimate of drug-likeness (QED) is 0.455. The minimum absolute atomic E-state index is 0.137. The molecule has 7 heteroatoms. The summed E-state index contributed by atoms with van der Waals surface area (Å²) in [6.45, 7) is 0.142.